The third-order valence-electron chi connectivity index (χ3n) is 4.96. The van der Waals surface area contributed by atoms with E-state index in [9.17, 15) is 9.59 Å². The van der Waals surface area contributed by atoms with Crippen molar-refractivity contribution < 1.29 is 9.59 Å². The van der Waals surface area contributed by atoms with Gasteiger partial charge < -0.3 is 5.32 Å². The van der Waals surface area contributed by atoms with E-state index in [1.54, 1.807) is 0 Å². The molecule has 2 aromatic carbocycles. The first-order valence-electron chi connectivity index (χ1n) is 8.38. The van der Waals surface area contributed by atoms with Crippen LogP contribution in [-0.2, 0) is 0 Å². The Balaban J connectivity index is 1.79. The fourth-order valence-electron chi connectivity index (χ4n) is 3.81. The average Bonchev–Trinajstić information content (AvgIpc) is 2.54. The number of benzene rings is 2. The summed E-state index contributed by atoms with van der Waals surface area (Å²) in [5.74, 6) is -0.269. The molecule has 1 unspecified atom stereocenters. The van der Waals surface area contributed by atoms with Gasteiger partial charge in [-0.25, -0.2) is 0 Å². The van der Waals surface area contributed by atoms with Crippen LogP contribution in [0.3, 0.4) is 0 Å². The van der Waals surface area contributed by atoms with Crippen molar-refractivity contribution in [3.63, 3.8) is 0 Å². The number of amides is 2. The number of rotatable bonds is 1. The molecule has 4 heteroatoms. The summed E-state index contributed by atoms with van der Waals surface area (Å²) in [4.78, 5) is 27.5. The SMILES string of the molecule is O=C1c2cccc3cccc(c23)C(=O)N1C1CCCCNCC1. The molecule has 0 aromatic heterocycles. The zero-order chi connectivity index (χ0) is 15.8. The summed E-state index contributed by atoms with van der Waals surface area (Å²) < 4.78 is 0. The van der Waals surface area contributed by atoms with Gasteiger partial charge in [-0.1, -0.05) is 30.7 Å². The topological polar surface area (TPSA) is 49.4 Å². The lowest BCUT2D eigenvalue weighted by Crippen LogP contribution is -2.48. The van der Waals surface area contributed by atoms with E-state index in [0.717, 1.165) is 49.5 Å². The molecule has 2 aliphatic heterocycles. The molecular formula is C19H20N2O2. The van der Waals surface area contributed by atoms with Gasteiger partial charge in [-0.05, 0) is 49.9 Å². The van der Waals surface area contributed by atoms with Crippen LogP contribution in [0.15, 0.2) is 36.4 Å². The molecule has 1 fully saturated rings. The molecule has 1 saturated heterocycles. The van der Waals surface area contributed by atoms with Crippen LogP contribution in [0, 0.1) is 0 Å². The molecule has 0 bridgehead atoms. The normalized spacial score (nSPS) is 22.1. The Kier molecular flexibility index (Phi) is 3.62. The van der Waals surface area contributed by atoms with E-state index in [2.05, 4.69) is 5.32 Å². The average molecular weight is 308 g/mol. The van der Waals surface area contributed by atoms with Crippen molar-refractivity contribution in [2.75, 3.05) is 13.1 Å². The third-order valence-corrected chi connectivity index (χ3v) is 4.96. The number of carbonyl (C=O) groups excluding carboxylic acids is 2. The van der Waals surface area contributed by atoms with E-state index in [0.29, 0.717) is 11.1 Å². The number of hydrogen-bond acceptors (Lipinski definition) is 3. The lowest BCUT2D eigenvalue weighted by Gasteiger charge is -2.35. The van der Waals surface area contributed by atoms with Gasteiger partial charge in [0.1, 0.15) is 0 Å². The summed E-state index contributed by atoms with van der Waals surface area (Å²) in [7, 11) is 0. The Morgan fingerprint density at radius 3 is 2.26 bits per heavy atom. The van der Waals surface area contributed by atoms with Gasteiger partial charge in [0, 0.05) is 22.6 Å². The molecule has 4 rings (SSSR count). The van der Waals surface area contributed by atoms with Crippen LogP contribution in [0.25, 0.3) is 10.8 Å². The largest absolute Gasteiger partial charge is 0.317 e. The zero-order valence-corrected chi connectivity index (χ0v) is 13.0. The van der Waals surface area contributed by atoms with E-state index in [4.69, 9.17) is 0 Å². The highest BCUT2D eigenvalue weighted by atomic mass is 16.2. The van der Waals surface area contributed by atoms with E-state index < -0.39 is 0 Å². The van der Waals surface area contributed by atoms with Crippen molar-refractivity contribution in [2.45, 2.75) is 31.7 Å². The van der Waals surface area contributed by atoms with Crippen molar-refractivity contribution in [3.8, 4) is 0 Å². The second-order valence-corrected chi connectivity index (χ2v) is 6.38. The third kappa shape index (κ3) is 2.34. The first kappa shape index (κ1) is 14.4. The van der Waals surface area contributed by atoms with E-state index >= 15 is 0 Å². The van der Waals surface area contributed by atoms with Crippen molar-refractivity contribution in [1.29, 1.82) is 0 Å². The maximum Gasteiger partial charge on any atom is 0.261 e. The highest BCUT2D eigenvalue weighted by Crippen LogP contribution is 2.32. The molecule has 4 nitrogen and oxygen atoms in total. The molecule has 2 aliphatic rings. The fourth-order valence-corrected chi connectivity index (χ4v) is 3.81. The van der Waals surface area contributed by atoms with Gasteiger partial charge in [0.05, 0.1) is 0 Å². The van der Waals surface area contributed by atoms with Crippen LogP contribution in [0.5, 0.6) is 0 Å². The van der Waals surface area contributed by atoms with Crippen molar-refractivity contribution in [2.24, 2.45) is 0 Å². The molecular weight excluding hydrogens is 288 g/mol. The van der Waals surface area contributed by atoms with Gasteiger partial charge in [-0.2, -0.15) is 0 Å². The molecule has 118 valence electrons. The summed E-state index contributed by atoms with van der Waals surface area (Å²) >= 11 is 0. The Labute approximate surface area is 135 Å². The quantitative estimate of drug-likeness (QED) is 0.824. The molecule has 2 heterocycles. The first-order chi connectivity index (χ1) is 11.3. The monoisotopic (exact) mass is 308 g/mol. The highest BCUT2D eigenvalue weighted by Gasteiger charge is 2.36. The number of nitrogens with one attached hydrogen (secondary N) is 1. The minimum atomic E-state index is -0.134. The van der Waals surface area contributed by atoms with Gasteiger partial charge in [-0.3, -0.25) is 14.5 Å². The molecule has 0 spiro atoms. The molecule has 2 aromatic rings. The maximum absolute atomic E-state index is 13.0. The summed E-state index contributed by atoms with van der Waals surface area (Å²) in [5.41, 5.74) is 1.32. The standard InChI is InChI=1S/C19H20N2O2/c22-18-15-8-3-5-13-6-4-9-16(17(13)15)19(23)21(18)14-7-1-2-11-20-12-10-14/h3-6,8-9,14,20H,1-2,7,10-12H2. The van der Waals surface area contributed by atoms with Crippen molar-refractivity contribution in [3.05, 3.63) is 47.5 Å². The van der Waals surface area contributed by atoms with Gasteiger partial charge in [0.2, 0.25) is 0 Å². The van der Waals surface area contributed by atoms with E-state index in [1.807, 2.05) is 36.4 Å². The number of hydrogen-bond donors (Lipinski definition) is 1. The lowest BCUT2D eigenvalue weighted by atomic mass is 9.91. The van der Waals surface area contributed by atoms with Crippen molar-refractivity contribution >= 4 is 22.6 Å². The number of imide groups is 1. The smallest absolute Gasteiger partial charge is 0.261 e. The second-order valence-electron chi connectivity index (χ2n) is 6.38. The first-order valence-corrected chi connectivity index (χ1v) is 8.38. The molecule has 1 N–H and O–H groups in total. The molecule has 0 saturated carbocycles. The van der Waals surface area contributed by atoms with Crippen LogP contribution in [-0.4, -0.2) is 35.8 Å². The summed E-state index contributed by atoms with van der Waals surface area (Å²) in [6.45, 7) is 1.88. The van der Waals surface area contributed by atoms with E-state index in [-0.39, 0.29) is 17.9 Å². The summed E-state index contributed by atoms with van der Waals surface area (Å²) in [5, 5.41) is 5.14. The number of carbonyl (C=O) groups is 2. The van der Waals surface area contributed by atoms with Gasteiger partial charge in [0.25, 0.3) is 11.8 Å². The minimum Gasteiger partial charge on any atom is -0.317 e. The fraction of sp³-hybridized carbons (Fsp3) is 0.368. The molecule has 2 amide bonds. The van der Waals surface area contributed by atoms with Gasteiger partial charge >= 0.3 is 0 Å². The predicted octanol–water partition coefficient (Wildman–Crippen LogP) is 2.97. The predicted molar refractivity (Wildman–Crippen MR) is 89.6 cm³/mol. The summed E-state index contributed by atoms with van der Waals surface area (Å²) in [6.07, 6.45) is 3.87. The maximum atomic E-state index is 13.0. The molecule has 23 heavy (non-hydrogen) atoms. The molecule has 0 radical (unpaired) electrons. The van der Waals surface area contributed by atoms with E-state index in [1.165, 1.54) is 4.90 Å². The number of nitrogens with zero attached hydrogens (tertiary/aromatic N) is 1. The van der Waals surface area contributed by atoms with Crippen LogP contribution in [0.4, 0.5) is 0 Å². The Hall–Kier alpha value is -2.20. The van der Waals surface area contributed by atoms with Gasteiger partial charge in [0.15, 0.2) is 0 Å². The minimum absolute atomic E-state index is 0.00795. The second kappa shape index (κ2) is 5.78. The van der Waals surface area contributed by atoms with Crippen LogP contribution < -0.4 is 5.32 Å². The zero-order valence-electron chi connectivity index (χ0n) is 13.0. The highest BCUT2D eigenvalue weighted by molar-refractivity contribution is 6.25. The Morgan fingerprint density at radius 1 is 0.870 bits per heavy atom. The summed E-state index contributed by atoms with van der Waals surface area (Å²) in [6, 6.07) is 11.4. The molecule has 1 atom stereocenters. The van der Waals surface area contributed by atoms with Crippen LogP contribution in [0.1, 0.15) is 46.4 Å². The van der Waals surface area contributed by atoms with Crippen LogP contribution in [0.2, 0.25) is 0 Å². The Bertz CT molecular complexity index is 725. The van der Waals surface area contributed by atoms with Crippen molar-refractivity contribution in [1.82, 2.24) is 10.2 Å². The lowest BCUT2D eigenvalue weighted by molar-refractivity contribution is 0.0516. The Morgan fingerprint density at radius 2 is 1.57 bits per heavy atom. The molecule has 0 aliphatic carbocycles. The van der Waals surface area contributed by atoms with Gasteiger partial charge in [-0.15, -0.1) is 0 Å². The van der Waals surface area contributed by atoms with Crippen LogP contribution >= 0.6 is 0 Å².